The van der Waals surface area contributed by atoms with Crippen molar-refractivity contribution >= 4 is 0 Å². The summed E-state index contributed by atoms with van der Waals surface area (Å²) in [6.07, 6.45) is 0. The molecule has 1 heteroatoms. The molecule has 0 saturated heterocycles. The molecule has 1 nitrogen and oxygen atoms in total. The van der Waals surface area contributed by atoms with Crippen LogP contribution in [0, 0.1) is 0 Å². The second-order valence-electron chi connectivity index (χ2n) is 1.14. The van der Waals surface area contributed by atoms with Crippen LogP contribution in [0.5, 0.6) is 0 Å². The van der Waals surface area contributed by atoms with Gasteiger partial charge in [0.05, 0.1) is 6.85 Å². The molecule has 1 rings (SSSR count). The Morgan fingerprint density at radius 3 is 2.62 bits per heavy atom. The number of benzene rings is 1. The molecule has 0 radical (unpaired) electrons. The van der Waals surface area contributed by atoms with Crippen LogP contribution in [-0.2, 0) is 6.50 Å². The Balaban J connectivity index is 3.68. The standard InChI is InChI=1S/C7H9N/c8-6-7-4-2-1-3-5-7/h1-5H,6,8H2/i1D,2D,3D,4D,5D,6D2. The van der Waals surface area contributed by atoms with Gasteiger partial charge in [0.25, 0.3) is 0 Å². The number of hydrogen-bond donors (Lipinski definition) is 1. The maximum Gasteiger partial charge on any atom is 0.0626 e. The first-order valence-corrected chi connectivity index (χ1v) is 2.04. The Labute approximate surface area is 59.0 Å². The van der Waals surface area contributed by atoms with E-state index < -0.39 is 42.3 Å². The molecule has 0 aromatic heterocycles. The van der Waals surface area contributed by atoms with Crippen LogP contribution in [-0.4, -0.2) is 0 Å². The lowest BCUT2D eigenvalue weighted by Crippen LogP contribution is -1.94. The van der Waals surface area contributed by atoms with Crippen LogP contribution in [0.2, 0.25) is 0 Å². The molecule has 0 aliphatic carbocycles. The molecule has 2 N–H and O–H groups in total. The van der Waals surface area contributed by atoms with E-state index >= 15 is 0 Å². The Bertz CT molecular complexity index is 380. The number of rotatable bonds is 1. The monoisotopic (exact) mass is 114 g/mol. The van der Waals surface area contributed by atoms with Crippen LogP contribution in [0.25, 0.3) is 0 Å². The molecule has 1 aromatic carbocycles. The third-order valence-corrected chi connectivity index (χ3v) is 0.644. The van der Waals surface area contributed by atoms with E-state index in [1.165, 1.54) is 0 Å². The summed E-state index contributed by atoms with van der Waals surface area (Å²) in [5.74, 6) is 0. The molecule has 0 amide bonds. The van der Waals surface area contributed by atoms with E-state index in [0.717, 1.165) is 0 Å². The van der Waals surface area contributed by atoms with Gasteiger partial charge in [-0.3, -0.25) is 0 Å². The summed E-state index contributed by atoms with van der Waals surface area (Å²) in [5.41, 5.74) is 4.59. The molecule has 0 atom stereocenters. The van der Waals surface area contributed by atoms with Gasteiger partial charge in [-0.15, -0.1) is 0 Å². The van der Waals surface area contributed by atoms with Gasteiger partial charge in [-0.2, -0.15) is 0 Å². The maximum atomic E-state index is 7.40. The third kappa shape index (κ3) is 1.07. The van der Waals surface area contributed by atoms with E-state index in [4.69, 9.17) is 15.3 Å². The highest BCUT2D eigenvalue weighted by Crippen LogP contribution is 1.94. The molecular weight excluding hydrogens is 98.1 g/mol. The Hall–Kier alpha value is -0.820. The van der Waals surface area contributed by atoms with Crippen LogP contribution in [0.1, 0.15) is 15.2 Å². The molecule has 0 fully saturated rings. The van der Waals surface area contributed by atoms with Crippen LogP contribution in [0.3, 0.4) is 0 Å². The fourth-order valence-electron chi connectivity index (χ4n) is 0.322. The Kier molecular flexibility index (Phi) is 0.422. The van der Waals surface area contributed by atoms with Gasteiger partial charge in [-0.1, -0.05) is 30.2 Å². The van der Waals surface area contributed by atoms with Gasteiger partial charge in [0.2, 0.25) is 0 Å². The van der Waals surface area contributed by atoms with Crippen molar-refractivity contribution in [3.05, 3.63) is 35.8 Å². The summed E-state index contributed by atoms with van der Waals surface area (Å²) in [5, 5.41) is 0. The van der Waals surface area contributed by atoms with Crippen molar-refractivity contribution in [1.29, 1.82) is 0 Å². The molecule has 8 heavy (non-hydrogen) atoms. The van der Waals surface area contributed by atoms with Gasteiger partial charge in [0, 0.05) is 9.24 Å². The SMILES string of the molecule is [2H]c1c([2H])c([2H])c(C([2H])([2H])N)c([2H])c1[2H]. The van der Waals surface area contributed by atoms with E-state index in [1.807, 2.05) is 0 Å². The molecular formula is C7H9N. The summed E-state index contributed by atoms with van der Waals surface area (Å²) in [6, 6.07) is -2.93. The first-order valence-electron chi connectivity index (χ1n) is 5.54. The van der Waals surface area contributed by atoms with Gasteiger partial charge < -0.3 is 5.73 Å². The minimum Gasteiger partial charge on any atom is -0.326 e. The van der Waals surface area contributed by atoms with Crippen molar-refractivity contribution in [3.8, 4) is 0 Å². The quantitative estimate of drug-likeness (QED) is 0.582. The van der Waals surface area contributed by atoms with Gasteiger partial charge >= 0.3 is 0 Å². The first kappa shape index (κ1) is 1.36. The van der Waals surface area contributed by atoms with Gasteiger partial charge in [-0.05, 0) is 5.56 Å². The number of nitrogens with two attached hydrogens (primary N) is 1. The van der Waals surface area contributed by atoms with Crippen molar-refractivity contribution in [3.63, 3.8) is 0 Å². The lowest BCUT2D eigenvalue weighted by atomic mass is 10.2. The highest BCUT2D eigenvalue weighted by Gasteiger charge is 1.80. The fraction of sp³-hybridized carbons (Fsp3) is 0.143. The maximum absolute atomic E-state index is 7.40. The number of hydrogen-bond acceptors (Lipinski definition) is 1. The van der Waals surface area contributed by atoms with Gasteiger partial charge in [0.15, 0.2) is 0 Å². The van der Waals surface area contributed by atoms with Crippen molar-refractivity contribution < 1.29 is 9.60 Å². The van der Waals surface area contributed by atoms with Gasteiger partial charge in [0.1, 0.15) is 0 Å². The largest absolute Gasteiger partial charge is 0.326 e. The van der Waals surface area contributed by atoms with Crippen molar-refractivity contribution in [2.45, 2.75) is 6.50 Å². The van der Waals surface area contributed by atoms with Crippen molar-refractivity contribution in [2.24, 2.45) is 5.73 Å². The second kappa shape index (κ2) is 2.48. The summed E-state index contributed by atoms with van der Waals surface area (Å²) in [4.78, 5) is 0. The van der Waals surface area contributed by atoms with Crippen molar-refractivity contribution in [2.75, 3.05) is 0 Å². The zero-order valence-electron chi connectivity index (χ0n) is 11.1. The predicted octanol–water partition coefficient (Wildman–Crippen LogP) is 1.15. The molecule has 0 heterocycles. The molecule has 0 aliphatic heterocycles. The highest BCUT2D eigenvalue weighted by molar-refractivity contribution is 5.13. The summed E-state index contributed by atoms with van der Waals surface area (Å²) < 4.78 is 51.0. The van der Waals surface area contributed by atoms with Crippen LogP contribution < -0.4 is 5.73 Å². The minimum atomic E-state index is -2.45. The molecule has 0 saturated carbocycles. The zero-order chi connectivity index (χ0) is 12.0. The average Bonchev–Trinajstić information content (AvgIpc) is 2.09. The van der Waals surface area contributed by atoms with Crippen LogP contribution in [0.4, 0.5) is 0 Å². The highest BCUT2D eigenvalue weighted by atomic mass is 14.5. The van der Waals surface area contributed by atoms with Crippen LogP contribution >= 0.6 is 0 Å². The van der Waals surface area contributed by atoms with E-state index in [9.17, 15) is 0 Å². The third-order valence-electron chi connectivity index (χ3n) is 0.644. The lowest BCUT2D eigenvalue weighted by molar-refractivity contribution is 1.07. The predicted molar refractivity (Wildman–Crippen MR) is 34.3 cm³/mol. The normalized spacial score (nSPS) is 23.4. The van der Waals surface area contributed by atoms with Gasteiger partial charge in [-0.25, -0.2) is 0 Å². The Morgan fingerprint density at radius 2 is 2.12 bits per heavy atom. The van der Waals surface area contributed by atoms with E-state index in [-0.39, 0.29) is 0 Å². The second-order valence-corrected chi connectivity index (χ2v) is 1.14. The zero-order valence-corrected chi connectivity index (χ0v) is 4.08. The Morgan fingerprint density at radius 1 is 1.50 bits per heavy atom. The smallest absolute Gasteiger partial charge is 0.0626 e. The molecule has 0 unspecified atom stereocenters. The fourth-order valence-corrected chi connectivity index (χ4v) is 0.322. The lowest BCUT2D eigenvalue weighted by Gasteiger charge is -1.90. The van der Waals surface area contributed by atoms with E-state index in [0.29, 0.717) is 0 Å². The minimum absolute atomic E-state index is 0.520. The summed E-state index contributed by atoms with van der Waals surface area (Å²) in [6.45, 7) is -2.45. The van der Waals surface area contributed by atoms with E-state index in [1.54, 1.807) is 0 Å². The molecule has 0 bridgehead atoms. The van der Waals surface area contributed by atoms with Crippen LogP contribution in [0.15, 0.2) is 30.2 Å². The van der Waals surface area contributed by atoms with Crippen molar-refractivity contribution in [1.82, 2.24) is 0 Å². The average molecular weight is 114 g/mol. The molecule has 0 spiro atoms. The van der Waals surface area contributed by atoms with E-state index in [2.05, 4.69) is 0 Å². The molecule has 1 aromatic rings. The summed E-state index contributed by atoms with van der Waals surface area (Å²) >= 11 is 0. The topological polar surface area (TPSA) is 26.0 Å². The molecule has 42 valence electrons. The summed E-state index contributed by atoms with van der Waals surface area (Å²) in [7, 11) is 0. The first-order chi connectivity index (χ1) is 6.68. The molecule has 0 aliphatic rings.